The first-order valence-corrected chi connectivity index (χ1v) is 8.42. The van der Waals surface area contributed by atoms with Gasteiger partial charge in [-0.15, -0.1) is 0 Å². The van der Waals surface area contributed by atoms with Gasteiger partial charge >= 0.3 is 0 Å². The Kier molecular flexibility index (Phi) is 5.61. The third kappa shape index (κ3) is 4.03. The van der Waals surface area contributed by atoms with E-state index in [1.165, 1.54) is 6.08 Å². The molecule has 0 aliphatic heterocycles. The Bertz CT molecular complexity index is 941. The number of carbonyl (C=O) groups excluding carboxylic acids is 1. The molecule has 0 aliphatic carbocycles. The lowest BCUT2D eigenvalue weighted by atomic mass is 10.1. The largest absolute Gasteiger partial charge is 0.496 e. The van der Waals surface area contributed by atoms with Gasteiger partial charge in [0, 0.05) is 35.3 Å². The second-order valence-electron chi connectivity index (χ2n) is 5.78. The molecule has 0 fully saturated rings. The van der Waals surface area contributed by atoms with Gasteiger partial charge in [-0.05, 0) is 54.6 Å². The molecule has 5 nitrogen and oxygen atoms in total. The van der Waals surface area contributed by atoms with E-state index >= 15 is 0 Å². The maximum absolute atomic E-state index is 12.5. The Morgan fingerprint density at radius 3 is 2.04 bits per heavy atom. The Hall–Kier alpha value is -3.47. The van der Waals surface area contributed by atoms with Gasteiger partial charge in [-0.1, -0.05) is 0 Å². The van der Waals surface area contributed by atoms with Crippen LogP contribution in [0.3, 0.4) is 0 Å². The molecule has 138 valence electrons. The molecule has 0 N–H and O–H groups in total. The number of nitrogens with zero attached hydrogens (tertiary/aromatic N) is 1. The Balaban J connectivity index is 1.82. The van der Waals surface area contributed by atoms with Crippen LogP contribution in [0.5, 0.6) is 17.2 Å². The van der Waals surface area contributed by atoms with Gasteiger partial charge in [0.1, 0.15) is 5.75 Å². The average Bonchev–Trinajstić information content (AvgIpc) is 3.26. The lowest BCUT2D eigenvalue weighted by molar-refractivity contribution is 0.104. The van der Waals surface area contributed by atoms with E-state index in [4.69, 9.17) is 14.2 Å². The number of hydrogen-bond acceptors (Lipinski definition) is 4. The second-order valence-corrected chi connectivity index (χ2v) is 5.78. The van der Waals surface area contributed by atoms with Gasteiger partial charge in [-0.25, -0.2) is 0 Å². The first-order valence-electron chi connectivity index (χ1n) is 8.42. The van der Waals surface area contributed by atoms with Crippen molar-refractivity contribution in [1.29, 1.82) is 0 Å². The summed E-state index contributed by atoms with van der Waals surface area (Å²) in [5.74, 6) is 1.64. The Morgan fingerprint density at radius 1 is 0.852 bits per heavy atom. The Labute approximate surface area is 158 Å². The zero-order chi connectivity index (χ0) is 19.2. The van der Waals surface area contributed by atoms with Crippen LogP contribution in [-0.4, -0.2) is 31.7 Å². The molecule has 3 aromatic rings. The molecule has 0 atom stereocenters. The second kappa shape index (κ2) is 8.27. The zero-order valence-corrected chi connectivity index (χ0v) is 15.5. The molecule has 0 amide bonds. The van der Waals surface area contributed by atoms with Gasteiger partial charge in [0.2, 0.25) is 0 Å². The molecule has 0 aliphatic rings. The highest BCUT2D eigenvalue weighted by molar-refractivity contribution is 6.07. The average molecular weight is 363 g/mol. The summed E-state index contributed by atoms with van der Waals surface area (Å²) < 4.78 is 18.0. The highest BCUT2D eigenvalue weighted by atomic mass is 16.5. The summed E-state index contributed by atoms with van der Waals surface area (Å²) >= 11 is 0. The summed E-state index contributed by atoms with van der Waals surface area (Å²) in [7, 11) is 4.70. The van der Waals surface area contributed by atoms with E-state index in [2.05, 4.69) is 0 Å². The molecule has 3 rings (SSSR count). The summed E-state index contributed by atoms with van der Waals surface area (Å²) in [5, 5.41) is 0. The lowest BCUT2D eigenvalue weighted by Crippen LogP contribution is -1.97. The monoisotopic (exact) mass is 363 g/mol. The van der Waals surface area contributed by atoms with E-state index < -0.39 is 0 Å². The maximum atomic E-state index is 12.5. The van der Waals surface area contributed by atoms with Gasteiger partial charge in [0.05, 0.1) is 21.3 Å². The van der Waals surface area contributed by atoms with E-state index in [9.17, 15) is 4.79 Å². The summed E-state index contributed by atoms with van der Waals surface area (Å²) in [4.78, 5) is 12.5. The van der Waals surface area contributed by atoms with Crippen LogP contribution in [-0.2, 0) is 0 Å². The molecular formula is C22H21NO4. The number of ketones is 1. The van der Waals surface area contributed by atoms with Crippen molar-refractivity contribution in [1.82, 2.24) is 4.57 Å². The van der Waals surface area contributed by atoms with Crippen molar-refractivity contribution < 1.29 is 19.0 Å². The summed E-state index contributed by atoms with van der Waals surface area (Å²) in [6.07, 6.45) is 7.15. The van der Waals surface area contributed by atoms with Crippen LogP contribution in [0, 0.1) is 0 Å². The molecule has 2 aromatic carbocycles. The smallest absolute Gasteiger partial charge is 0.185 e. The molecular weight excluding hydrogens is 342 g/mol. The molecule has 0 saturated heterocycles. The quantitative estimate of drug-likeness (QED) is 0.461. The van der Waals surface area contributed by atoms with Crippen molar-refractivity contribution in [3.63, 3.8) is 0 Å². The third-order valence-electron chi connectivity index (χ3n) is 4.20. The van der Waals surface area contributed by atoms with Gasteiger partial charge in [0.15, 0.2) is 17.3 Å². The number of rotatable bonds is 7. The topological polar surface area (TPSA) is 49.7 Å². The number of hydrogen-bond donors (Lipinski definition) is 0. The van der Waals surface area contributed by atoms with E-state index in [1.807, 2.05) is 53.4 Å². The molecule has 1 heterocycles. The van der Waals surface area contributed by atoms with Crippen molar-refractivity contribution >= 4 is 11.9 Å². The van der Waals surface area contributed by atoms with Crippen LogP contribution in [0.4, 0.5) is 0 Å². The van der Waals surface area contributed by atoms with Crippen LogP contribution in [0.1, 0.15) is 15.9 Å². The molecule has 0 spiro atoms. The number of carbonyl (C=O) groups is 1. The van der Waals surface area contributed by atoms with Crippen LogP contribution >= 0.6 is 0 Å². The first kappa shape index (κ1) is 18.3. The number of ether oxygens (including phenoxy) is 3. The first-order chi connectivity index (χ1) is 13.2. The number of allylic oxidation sites excluding steroid dienone is 1. The zero-order valence-electron chi connectivity index (χ0n) is 15.5. The summed E-state index contributed by atoms with van der Waals surface area (Å²) in [6.45, 7) is 0. The van der Waals surface area contributed by atoms with Gasteiger partial charge in [-0.2, -0.15) is 0 Å². The van der Waals surface area contributed by atoms with Crippen molar-refractivity contribution in [2.45, 2.75) is 0 Å². The maximum Gasteiger partial charge on any atom is 0.185 e. The molecule has 0 radical (unpaired) electrons. The van der Waals surface area contributed by atoms with E-state index in [-0.39, 0.29) is 5.78 Å². The van der Waals surface area contributed by atoms with E-state index in [0.717, 1.165) is 11.3 Å². The molecule has 5 heteroatoms. The fourth-order valence-corrected chi connectivity index (χ4v) is 2.75. The van der Waals surface area contributed by atoms with Crippen LogP contribution < -0.4 is 14.2 Å². The van der Waals surface area contributed by atoms with E-state index in [0.29, 0.717) is 22.8 Å². The number of methoxy groups -OCH3 is 3. The van der Waals surface area contributed by atoms with Crippen molar-refractivity contribution in [2.24, 2.45) is 0 Å². The van der Waals surface area contributed by atoms with Gasteiger partial charge in [0.25, 0.3) is 0 Å². The molecule has 0 bridgehead atoms. The normalized spacial score (nSPS) is 10.8. The van der Waals surface area contributed by atoms with Gasteiger partial charge < -0.3 is 18.8 Å². The minimum atomic E-state index is -0.0918. The van der Waals surface area contributed by atoms with Crippen molar-refractivity contribution in [3.8, 4) is 22.9 Å². The molecule has 27 heavy (non-hydrogen) atoms. The highest BCUT2D eigenvalue weighted by Gasteiger charge is 2.10. The third-order valence-corrected chi connectivity index (χ3v) is 4.20. The summed E-state index contributed by atoms with van der Waals surface area (Å²) in [5.41, 5.74) is 2.34. The van der Waals surface area contributed by atoms with Gasteiger partial charge in [-0.3, -0.25) is 4.79 Å². The predicted octanol–water partition coefficient (Wildman–Crippen LogP) is 4.40. The van der Waals surface area contributed by atoms with Crippen molar-refractivity contribution in [3.05, 3.63) is 78.1 Å². The number of benzene rings is 2. The fraction of sp³-hybridized carbons (Fsp3) is 0.136. The van der Waals surface area contributed by atoms with Crippen LogP contribution in [0.15, 0.2) is 67.0 Å². The highest BCUT2D eigenvalue weighted by Crippen LogP contribution is 2.35. The van der Waals surface area contributed by atoms with E-state index in [1.54, 1.807) is 39.5 Å². The SMILES string of the molecule is COc1cc(OC)c(OC)cc1/C=C/C(=O)c1ccc(-n2cccc2)cc1. The van der Waals surface area contributed by atoms with Crippen LogP contribution in [0.25, 0.3) is 11.8 Å². The molecule has 0 unspecified atom stereocenters. The number of aromatic nitrogens is 1. The lowest BCUT2D eigenvalue weighted by Gasteiger charge is -2.12. The van der Waals surface area contributed by atoms with Crippen LogP contribution in [0.2, 0.25) is 0 Å². The molecule has 0 saturated carbocycles. The predicted molar refractivity (Wildman–Crippen MR) is 105 cm³/mol. The minimum absolute atomic E-state index is 0.0918. The standard InChI is InChI=1S/C22H21NO4/c1-25-20-15-22(27-3)21(26-2)14-17(20)8-11-19(24)16-6-9-18(10-7-16)23-12-4-5-13-23/h4-15H,1-3H3/b11-8+. The minimum Gasteiger partial charge on any atom is -0.496 e. The summed E-state index contributed by atoms with van der Waals surface area (Å²) in [6, 6.07) is 14.9. The fourth-order valence-electron chi connectivity index (χ4n) is 2.75. The Morgan fingerprint density at radius 2 is 1.44 bits per heavy atom. The molecule has 1 aromatic heterocycles. The van der Waals surface area contributed by atoms with Crippen molar-refractivity contribution in [2.75, 3.05) is 21.3 Å².